The monoisotopic (exact) mass is 497 g/mol. The highest BCUT2D eigenvalue weighted by molar-refractivity contribution is 7.92. The van der Waals surface area contributed by atoms with Crippen molar-refractivity contribution < 1.29 is 31.5 Å². The number of ether oxygens (including phenoxy) is 1. The number of carbonyl (C=O) groups excluding carboxylic acids is 2. The molecule has 0 saturated heterocycles. The molecule has 34 heavy (non-hydrogen) atoms. The minimum Gasteiger partial charge on any atom is -0.497 e. The molecular formula is C23H29F2N3O5S. The number of anilines is 1. The summed E-state index contributed by atoms with van der Waals surface area (Å²) in [6, 6.07) is 8.50. The fourth-order valence-corrected chi connectivity index (χ4v) is 4.04. The van der Waals surface area contributed by atoms with E-state index in [1.54, 1.807) is 24.3 Å². The van der Waals surface area contributed by atoms with E-state index in [4.69, 9.17) is 4.74 Å². The first kappa shape index (κ1) is 27.0. The van der Waals surface area contributed by atoms with E-state index in [1.807, 2.05) is 6.92 Å². The number of sulfonamides is 1. The van der Waals surface area contributed by atoms with Gasteiger partial charge in [-0.2, -0.15) is 0 Å². The molecule has 2 rings (SSSR count). The van der Waals surface area contributed by atoms with Gasteiger partial charge in [-0.15, -0.1) is 0 Å². The second-order valence-corrected chi connectivity index (χ2v) is 9.62. The second-order valence-electron chi connectivity index (χ2n) is 7.71. The van der Waals surface area contributed by atoms with E-state index in [2.05, 4.69) is 5.32 Å². The highest BCUT2D eigenvalue weighted by Crippen LogP contribution is 2.22. The summed E-state index contributed by atoms with van der Waals surface area (Å²) in [6.45, 7) is 3.11. The van der Waals surface area contributed by atoms with Gasteiger partial charge >= 0.3 is 0 Å². The van der Waals surface area contributed by atoms with E-state index in [1.165, 1.54) is 18.9 Å². The van der Waals surface area contributed by atoms with Crippen LogP contribution in [0.25, 0.3) is 0 Å². The topological polar surface area (TPSA) is 96.0 Å². The number of rotatable bonds is 11. The molecule has 1 N–H and O–H groups in total. The summed E-state index contributed by atoms with van der Waals surface area (Å²) >= 11 is 0. The van der Waals surface area contributed by atoms with Crippen LogP contribution in [0.5, 0.6) is 5.75 Å². The van der Waals surface area contributed by atoms with Gasteiger partial charge in [0.2, 0.25) is 21.8 Å². The van der Waals surface area contributed by atoms with Crippen molar-refractivity contribution in [1.82, 2.24) is 10.2 Å². The Balaban J connectivity index is 2.40. The van der Waals surface area contributed by atoms with Crippen LogP contribution in [0.15, 0.2) is 42.5 Å². The number of hydrogen-bond donors (Lipinski definition) is 1. The molecule has 186 valence electrons. The quantitative estimate of drug-likeness (QED) is 0.515. The molecular weight excluding hydrogens is 468 g/mol. The zero-order valence-corrected chi connectivity index (χ0v) is 20.4. The summed E-state index contributed by atoms with van der Waals surface area (Å²) < 4.78 is 57.9. The number of carbonyl (C=O) groups is 2. The fourth-order valence-electron chi connectivity index (χ4n) is 3.20. The lowest BCUT2D eigenvalue weighted by atomic mass is 10.1. The van der Waals surface area contributed by atoms with Gasteiger partial charge in [-0.1, -0.05) is 19.1 Å². The van der Waals surface area contributed by atoms with Gasteiger partial charge in [0.25, 0.3) is 0 Å². The Bertz CT molecular complexity index is 1130. The molecule has 2 aromatic carbocycles. The minimum atomic E-state index is -4.04. The molecule has 0 aromatic heterocycles. The van der Waals surface area contributed by atoms with Crippen LogP contribution in [0, 0.1) is 11.6 Å². The zero-order valence-electron chi connectivity index (χ0n) is 19.5. The Morgan fingerprint density at radius 1 is 1.12 bits per heavy atom. The zero-order chi connectivity index (χ0) is 25.5. The molecule has 2 amide bonds. The van der Waals surface area contributed by atoms with Crippen molar-refractivity contribution in [3.63, 3.8) is 0 Å². The summed E-state index contributed by atoms with van der Waals surface area (Å²) in [6.07, 6.45) is 1.55. The Kier molecular flexibility index (Phi) is 9.36. The number of methoxy groups -OCH3 is 1. The Morgan fingerprint density at radius 2 is 1.82 bits per heavy atom. The Labute approximate surface area is 198 Å². The van der Waals surface area contributed by atoms with Gasteiger partial charge in [-0.05, 0) is 43.2 Å². The van der Waals surface area contributed by atoms with Crippen LogP contribution in [0.3, 0.4) is 0 Å². The molecule has 0 fully saturated rings. The summed E-state index contributed by atoms with van der Waals surface area (Å²) in [5, 5.41) is 2.72. The van der Waals surface area contributed by atoms with Crippen molar-refractivity contribution in [3.05, 3.63) is 59.7 Å². The van der Waals surface area contributed by atoms with Crippen LogP contribution in [-0.4, -0.2) is 57.6 Å². The van der Waals surface area contributed by atoms with E-state index in [0.29, 0.717) is 34.7 Å². The van der Waals surface area contributed by atoms with E-state index >= 15 is 0 Å². The van der Waals surface area contributed by atoms with Crippen LogP contribution in [0.4, 0.5) is 14.5 Å². The molecule has 0 radical (unpaired) electrons. The fraction of sp³-hybridized carbons (Fsp3) is 0.391. The molecule has 1 atom stereocenters. The standard InChI is InChI=1S/C23H29F2N3O5S/c1-5-11-26-23(30)16(2)27(14-17-7-6-8-19(12-17)33-3)22(29)15-28(34(4,31)32)18-9-10-20(24)21(25)13-18/h6-10,12-13,16H,5,11,14-15H2,1-4H3,(H,26,30). The van der Waals surface area contributed by atoms with Crippen molar-refractivity contribution >= 4 is 27.5 Å². The number of amides is 2. The largest absolute Gasteiger partial charge is 0.497 e. The van der Waals surface area contributed by atoms with E-state index < -0.39 is 46.1 Å². The van der Waals surface area contributed by atoms with Crippen molar-refractivity contribution in [3.8, 4) is 5.75 Å². The lowest BCUT2D eigenvalue weighted by molar-refractivity contribution is -0.139. The third-order valence-electron chi connectivity index (χ3n) is 5.07. The van der Waals surface area contributed by atoms with Gasteiger partial charge in [-0.25, -0.2) is 17.2 Å². The molecule has 0 bridgehead atoms. The number of nitrogens with one attached hydrogen (secondary N) is 1. The number of nitrogens with zero attached hydrogens (tertiary/aromatic N) is 2. The number of hydrogen-bond acceptors (Lipinski definition) is 5. The normalized spacial score (nSPS) is 12.1. The van der Waals surface area contributed by atoms with Crippen LogP contribution < -0.4 is 14.4 Å². The van der Waals surface area contributed by atoms with Crippen LogP contribution >= 0.6 is 0 Å². The molecule has 0 aliphatic carbocycles. The van der Waals surface area contributed by atoms with Crippen molar-refractivity contribution in [2.75, 3.05) is 30.8 Å². The maximum atomic E-state index is 13.8. The van der Waals surface area contributed by atoms with Crippen LogP contribution in [0.1, 0.15) is 25.8 Å². The van der Waals surface area contributed by atoms with E-state index in [-0.39, 0.29) is 12.2 Å². The third-order valence-corrected chi connectivity index (χ3v) is 6.21. The smallest absolute Gasteiger partial charge is 0.244 e. The molecule has 0 spiro atoms. The van der Waals surface area contributed by atoms with Gasteiger partial charge < -0.3 is 15.0 Å². The number of benzene rings is 2. The predicted molar refractivity (Wildman–Crippen MR) is 125 cm³/mol. The summed E-state index contributed by atoms with van der Waals surface area (Å²) in [4.78, 5) is 27.2. The second kappa shape index (κ2) is 11.8. The van der Waals surface area contributed by atoms with Crippen molar-refractivity contribution in [2.24, 2.45) is 0 Å². The van der Waals surface area contributed by atoms with Crippen molar-refractivity contribution in [1.29, 1.82) is 0 Å². The first-order valence-corrected chi connectivity index (χ1v) is 12.5. The van der Waals surface area contributed by atoms with Gasteiger partial charge in [0.1, 0.15) is 18.3 Å². The molecule has 11 heteroatoms. The summed E-state index contributed by atoms with van der Waals surface area (Å²) in [5.74, 6) is -2.95. The summed E-state index contributed by atoms with van der Waals surface area (Å²) in [5.41, 5.74) is 0.445. The van der Waals surface area contributed by atoms with Crippen molar-refractivity contribution in [2.45, 2.75) is 32.9 Å². The molecule has 0 aliphatic rings. The minimum absolute atomic E-state index is 0.00781. The van der Waals surface area contributed by atoms with Crippen LogP contribution in [-0.2, 0) is 26.2 Å². The lowest BCUT2D eigenvalue weighted by Gasteiger charge is -2.31. The van der Waals surface area contributed by atoms with E-state index in [0.717, 1.165) is 18.4 Å². The SMILES string of the molecule is CCCNC(=O)C(C)N(Cc1cccc(OC)c1)C(=O)CN(c1ccc(F)c(F)c1)S(C)(=O)=O. The predicted octanol–water partition coefficient (Wildman–Crippen LogP) is 2.68. The maximum absolute atomic E-state index is 13.8. The van der Waals surface area contributed by atoms with E-state index in [9.17, 15) is 26.8 Å². The molecule has 0 saturated carbocycles. The van der Waals surface area contributed by atoms with Gasteiger partial charge in [0, 0.05) is 19.2 Å². The first-order chi connectivity index (χ1) is 16.0. The average Bonchev–Trinajstić information content (AvgIpc) is 2.80. The highest BCUT2D eigenvalue weighted by atomic mass is 32.2. The van der Waals surface area contributed by atoms with Gasteiger partial charge in [-0.3, -0.25) is 13.9 Å². The summed E-state index contributed by atoms with van der Waals surface area (Å²) in [7, 11) is -2.55. The first-order valence-electron chi connectivity index (χ1n) is 10.6. The van der Waals surface area contributed by atoms with Gasteiger partial charge in [0.15, 0.2) is 11.6 Å². The molecule has 0 heterocycles. The molecule has 2 aromatic rings. The number of halogens is 2. The highest BCUT2D eigenvalue weighted by Gasteiger charge is 2.30. The molecule has 8 nitrogen and oxygen atoms in total. The Morgan fingerprint density at radius 3 is 2.41 bits per heavy atom. The lowest BCUT2D eigenvalue weighted by Crippen LogP contribution is -2.51. The third kappa shape index (κ3) is 7.14. The van der Waals surface area contributed by atoms with Crippen LogP contribution in [0.2, 0.25) is 0 Å². The molecule has 1 unspecified atom stereocenters. The maximum Gasteiger partial charge on any atom is 0.244 e. The Hall–Kier alpha value is -3.21. The van der Waals surface area contributed by atoms with Gasteiger partial charge in [0.05, 0.1) is 19.1 Å². The molecule has 0 aliphatic heterocycles. The average molecular weight is 498 g/mol.